The van der Waals surface area contributed by atoms with Crippen LogP contribution in [0.1, 0.15) is 62.2 Å². The lowest BCUT2D eigenvalue weighted by Crippen LogP contribution is -2.36. The number of aromatic nitrogens is 1. The SMILES string of the molecule is CN1CCCCC1CCn1cc2c(c1)C(O)CCCC2. The van der Waals surface area contributed by atoms with E-state index in [-0.39, 0.29) is 6.10 Å². The van der Waals surface area contributed by atoms with Crippen LogP contribution in [0.3, 0.4) is 0 Å². The summed E-state index contributed by atoms with van der Waals surface area (Å²) in [6.45, 7) is 2.35. The van der Waals surface area contributed by atoms with Crippen LogP contribution in [0, 0.1) is 0 Å². The van der Waals surface area contributed by atoms with Gasteiger partial charge in [0.15, 0.2) is 0 Å². The summed E-state index contributed by atoms with van der Waals surface area (Å²) in [4.78, 5) is 2.52. The lowest BCUT2D eigenvalue weighted by Gasteiger charge is -2.32. The van der Waals surface area contributed by atoms with E-state index in [1.807, 2.05) is 0 Å². The molecule has 1 saturated heterocycles. The Bertz CT molecular complexity index is 440. The molecule has 3 rings (SSSR count). The van der Waals surface area contributed by atoms with E-state index in [2.05, 4.69) is 28.9 Å². The number of likely N-dealkylation sites (tertiary alicyclic amines) is 1. The minimum Gasteiger partial charge on any atom is -0.388 e. The van der Waals surface area contributed by atoms with E-state index in [1.54, 1.807) is 0 Å². The number of aliphatic hydroxyl groups is 1. The normalized spacial score (nSPS) is 28.1. The molecule has 0 aromatic carbocycles. The average Bonchev–Trinajstić information content (AvgIpc) is 2.78. The Labute approximate surface area is 122 Å². The maximum atomic E-state index is 10.2. The molecule has 1 aliphatic carbocycles. The van der Waals surface area contributed by atoms with E-state index in [9.17, 15) is 5.11 Å². The van der Waals surface area contributed by atoms with Crippen molar-refractivity contribution in [3.63, 3.8) is 0 Å². The van der Waals surface area contributed by atoms with Crippen molar-refractivity contribution >= 4 is 0 Å². The van der Waals surface area contributed by atoms with Gasteiger partial charge in [-0.25, -0.2) is 0 Å². The fourth-order valence-electron chi connectivity index (χ4n) is 3.83. The summed E-state index contributed by atoms with van der Waals surface area (Å²) in [5.41, 5.74) is 2.58. The lowest BCUT2D eigenvalue weighted by atomic mass is 10.0. The van der Waals surface area contributed by atoms with Gasteiger partial charge >= 0.3 is 0 Å². The highest BCUT2D eigenvalue weighted by molar-refractivity contribution is 5.28. The van der Waals surface area contributed by atoms with Gasteiger partial charge in [-0.3, -0.25) is 0 Å². The lowest BCUT2D eigenvalue weighted by molar-refractivity contribution is 0.165. The Morgan fingerprint density at radius 2 is 2.00 bits per heavy atom. The second-order valence-corrected chi connectivity index (χ2v) is 6.66. The van der Waals surface area contributed by atoms with Gasteiger partial charge in [0, 0.05) is 30.5 Å². The summed E-state index contributed by atoms with van der Waals surface area (Å²) in [5.74, 6) is 0. The molecule has 3 nitrogen and oxygen atoms in total. The minimum atomic E-state index is -0.230. The van der Waals surface area contributed by atoms with E-state index in [4.69, 9.17) is 0 Å². The molecule has 0 bridgehead atoms. The van der Waals surface area contributed by atoms with Gasteiger partial charge in [0.1, 0.15) is 0 Å². The van der Waals surface area contributed by atoms with Crippen LogP contribution in [0.15, 0.2) is 12.4 Å². The standard InChI is InChI=1S/C17H28N2O/c1-18-10-5-4-7-15(18)9-11-19-12-14-6-2-3-8-17(20)16(14)13-19/h12-13,15,17,20H,2-11H2,1H3. The van der Waals surface area contributed by atoms with Crippen molar-refractivity contribution in [3.05, 3.63) is 23.5 Å². The number of fused-ring (bicyclic) bond motifs is 1. The molecule has 2 heterocycles. The van der Waals surface area contributed by atoms with Gasteiger partial charge in [0.2, 0.25) is 0 Å². The van der Waals surface area contributed by atoms with E-state index >= 15 is 0 Å². The first-order chi connectivity index (χ1) is 9.74. The van der Waals surface area contributed by atoms with Crippen molar-refractivity contribution < 1.29 is 5.11 Å². The first-order valence-corrected chi connectivity index (χ1v) is 8.31. The fraction of sp³-hybridized carbons (Fsp3) is 0.765. The highest BCUT2D eigenvalue weighted by atomic mass is 16.3. The smallest absolute Gasteiger partial charge is 0.0807 e. The number of nitrogens with zero attached hydrogens (tertiary/aromatic N) is 2. The number of piperidine rings is 1. The zero-order valence-electron chi connectivity index (χ0n) is 12.7. The molecule has 0 spiro atoms. The third kappa shape index (κ3) is 3.09. The summed E-state index contributed by atoms with van der Waals surface area (Å²) in [5, 5.41) is 10.2. The van der Waals surface area contributed by atoms with Crippen molar-refractivity contribution in [2.24, 2.45) is 0 Å². The molecule has 0 radical (unpaired) electrons. The van der Waals surface area contributed by atoms with E-state index in [1.165, 1.54) is 49.8 Å². The predicted molar refractivity (Wildman–Crippen MR) is 81.8 cm³/mol. The molecular formula is C17H28N2O. The molecule has 20 heavy (non-hydrogen) atoms. The maximum absolute atomic E-state index is 10.2. The molecule has 0 saturated carbocycles. The van der Waals surface area contributed by atoms with Crippen LogP contribution in [-0.4, -0.2) is 34.2 Å². The third-order valence-electron chi connectivity index (χ3n) is 5.17. The highest BCUT2D eigenvalue weighted by Crippen LogP contribution is 2.29. The maximum Gasteiger partial charge on any atom is 0.0807 e. The second kappa shape index (κ2) is 6.31. The summed E-state index contributed by atoms with van der Waals surface area (Å²) >= 11 is 0. The summed E-state index contributed by atoms with van der Waals surface area (Å²) in [7, 11) is 2.26. The summed E-state index contributed by atoms with van der Waals surface area (Å²) in [6.07, 6.45) is 14.0. The van der Waals surface area contributed by atoms with Gasteiger partial charge in [-0.15, -0.1) is 0 Å². The predicted octanol–water partition coefficient (Wildman–Crippen LogP) is 3.12. The third-order valence-corrected chi connectivity index (χ3v) is 5.17. The van der Waals surface area contributed by atoms with Crippen molar-refractivity contribution in [3.8, 4) is 0 Å². The van der Waals surface area contributed by atoms with Crippen molar-refractivity contribution in [2.45, 2.75) is 70.1 Å². The second-order valence-electron chi connectivity index (χ2n) is 6.66. The molecule has 1 aromatic rings. The number of rotatable bonds is 3. The molecule has 2 atom stereocenters. The van der Waals surface area contributed by atoms with E-state index in [0.717, 1.165) is 31.8 Å². The fourth-order valence-corrected chi connectivity index (χ4v) is 3.83. The van der Waals surface area contributed by atoms with Crippen LogP contribution in [-0.2, 0) is 13.0 Å². The number of hydrogen-bond acceptors (Lipinski definition) is 2. The Morgan fingerprint density at radius 1 is 1.15 bits per heavy atom. The molecule has 1 fully saturated rings. The first kappa shape index (κ1) is 14.2. The molecule has 1 aliphatic heterocycles. The molecular weight excluding hydrogens is 248 g/mol. The largest absolute Gasteiger partial charge is 0.388 e. The van der Waals surface area contributed by atoms with Crippen molar-refractivity contribution in [2.75, 3.05) is 13.6 Å². The molecule has 0 amide bonds. The number of aliphatic hydroxyl groups excluding tert-OH is 1. The molecule has 1 aromatic heterocycles. The average molecular weight is 276 g/mol. The quantitative estimate of drug-likeness (QED) is 0.859. The first-order valence-electron chi connectivity index (χ1n) is 8.31. The number of hydrogen-bond donors (Lipinski definition) is 1. The van der Waals surface area contributed by atoms with Crippen LogP contribution in [0.2, 0.25) is 0 Å². The van der Waals surface area contributed by atoms with Crippen molar-refractivity contribution in [1.82, 2.24) is 9.47 Å². The van der Waals surface area contributed by atoms with Gasteiger partial charge in [0.25, 0.3) is 0 Å². The number of aryl methyl sites for hydroxylation is 2. The van der Waals surface area contributed by atoms with Crippen LogP contribution >= 0.6 is 0 Å². The van der Waals surface area contributed by atoms with Gasteiger partial charge in [-0.2, -0.15) is 0 Å². The van der Waals surface area contributed by atoms with Gasteiger partial charge in [-0.05, 0) is 57.7 Å². The molecule has 2 unspecified atom stereocenters. The Morgan fingerprint density at radius 3 is 2.85 bits per heavy atom. The van der Waals surface area contributed by atoms with Gasteiger partial charge in [0.05, 0.1) is 6.10 Å². The molecule has 2 aliphatic rings. The van der Waals surface area contributed by atoms with Gasteiger partial charge in [-0.1, -0.05) is 12.8 Å². The zero-order chi connectivity index (χ0) is 13.9. The molecule has 1 N–H and O–H groups in total. The Kier molecular flexibility index (Phi) is 4.47. The highest BCUT2D eigenvalue weighted by Gasteiger charge is 2.20. The molecule has 112 valence electrons. The van der Waals surface area contributed by atoms with Crippen LogP contribution in [0.25, 0.3) is 0 Å². The van der Waals surface area contributed by atoms with Crippen molar-refractivity contribution in [1.29, 1.82) is 0 Å². The molecule has 3 heteroatoms. The topological polar surface area (TPSA) is 28.4 Å². The Hall–Kier alpha value is -0.800. The minimum absolute atomic E-state index is 0.230. The summed E-state index contributed by atoms with van der Waals surface area (Å²) in [6, 6.07) is 0.746. The van der Waals surface area contributed by atoms with E-state index < -0.39 is 0 Å². The van der Waals surface area contributed by atoms with Gasteiger partial charge < -0.3 is 14.6 Å². The Balaban J connectivity index is 1.62. The monoisotopic (exact) mass is 276 g/mol. The van der Waals surface area contributed by atoms with Crippen LogP contribution in [0.5, 0.6) is 0 Å². The van der Waals surface area contributed by atoms with E-state index in [0.29, 0.717) is 0 Å². The zero-order valence-corrected chi connectivity index (χ0v) is 12.7. The van der Waals surface area contributed by atoms with Crippen LogP contribution in [0.4, 0.5) is 0 Å². The summed E-state index contributed by atoms with van der Waals surface area (Å²) < 4.78 is 2.32. The van der Waals surface area contributed by atoms with Crippen LogP contribution < -0.4 is 0 Å².